The number of fused-ring (bicyclic) bond motifs is 1. The van der Waals surface area contributed by atoms with Crippen LogP contribution >= 0.6 is 8.58 Å². The summed E-state index contributed by atoms with van der Waals surface area (Å²) >= 11 is 0. The van der Waals surface area contributed by atoms with Gasteiger partial charge in [0.15, 0.2) is 0 Å². The molecule has 0 bridgehead atoms. The zero-order valence-electron chi connectivity index (χ0n) is 13.9. The van der Waals surface area contributed by atoms with Gasteiger partial charge in [-0.1, -0.05) is 75.3 Å². The minimum Gasteiger partial charge on any atom is -1.00 e. The molecule has 0 atom stereocenters. The van der Waals surface area contributed by atoms with Crippen LogP contribution in [0.3, 0.4) is 0 Å². The topological polar surface area (TPSA) is 0 Å². The molecule has 0 saturated carbocycles. The summed E-state index contributed by atoms with van der Waals surface area (Å²) in [7, 11) is 0.777. The molecule has 0 heterocycles. The van der Waals surface area contributed by atoms with E-state index in [1.165, 1.54) is 21.4 Å². The van der Waals surface area contributed by atoms with Crippen LogP contribution in [-0.2, 0) is 26.2 Å². The molecular formula is C21H18Cl3PZr. The largest absolute Gasteiger partial charge is 4.00 e. The molecule has 0 N–H and O–H groups in total. The fourth-order valence-electron chi connectivity index (χ4n) is 2.28. The van der Waals surface area contributed by atoms with Crippen LogP contribution < -0.4 is 47.8 Å². The quantitative estimate of drug-likeness (QED) is 0.195. The van der Waals surface area contributed by atoms with Gasteiger partial charge in [-0.3, -0.25) is 0 Å². The van der Waals surface area contributed by atoms with Crippen LogP contribution in [0.5, 0.6) is 0 Å². The molecule has 0 fully saturated rings. The van der Waals surface area contributed by atoms with E-state index in [1.807, 2.05) is 0 Å². The van der Waals surface area contributed by atoms with Crippen molar-refractivity contribution in [2.75, 3.05) is 0 Å². The number of hydrogen-bond acceptors (Lipinski definition) is 0. The molecule has 0 aliphatic heterocycles. The summed E-state index contributed by atoms with van der Waals surface area (Å²) in [5.41, 5.74) is 0. The summed E-state index contributed by atoms with van der Waals surface area (Å²) < 4.78 is 0. The molecule has 0 aromatic heterocycles. The second-order valence-electron chi connectivity index (χ2n) is 5.01. The first kappa shape index (κ1) is 27.7. The Morgan fingerprint density at radius 3 is 1.50 bits per heavy atom. The fourth-order valence-corrected chi connectivity index (χ4v) is 3.33. The SMILES string of the molecule is [Cl-].[Cl-].[Cl-].[Zr+4].c1ccc(Pc2ccccc2)cc1.c1ccc2[cH-]ccc2c1. The van der Waals surface area contributed by atoms with Gasteiger partial charge in [-0.05, 0) is 10.6 Å². The van der Waals surface area contributed by atoms with E-state index in [2.05, 4.69) is 103 Å². The van der Waals surface area contributed by atoms with Gasteiger partial charge in [-0.2, -0.15) is 17.5 Å². The van der Waals surface area contributed by atoms with Crippen molar-refractivity contribution < 1.29 is 63.4 Å². The van der Waals surface area contributed by atoms with Crippen LogP contribution in [0.1, 0.15) is 0 Å². The molecular weight excluding hydrogens is 481 g/mol. The Balaban J connectivity index is 0. The normalized spacial score (nSPS) is 8.46. The molecule has 0 radical (unpaired) electrons. The molecule has 0 amide bonds. The Morgan fingerprint density at radius 1 is 0.538 bits per heavy atom. The van der Waals surface area contributed by atoms with Crippen LogP contribution in [0.15, 0.2) is 103 Å². The van der Waals surface area contributed by atoms with Gasteiger partial charge in [-0.15, -0.1) is 29.7 Å². The van der Waals surface area contributed by atoms with Gasteiger partial charge in [-0.25, -0.2) is 0 Å². The van der Waals surface area contributed by atoms with Gasteiger partial charge < -0.3 is 37.2 Å². The third-order valence-electron chi connectivity index (χ3n) is 3.38. The molecule has 0 nitrogen and oxygen atoms in total. The average molecular weight is 499 g/mol. The van der Waals surface area contributed by atoms with Crippen LogP contribution in [0.2, 0.25) is 0 Å². The number of rotatable bonds is 2. The minimum absolute atomic E-state index is 0. The molecule has 5 heteroatoms. The van der Waals surface area contributed by atoms with Crippen molar-refractivity contribution in [2.45, 2.75) is 0 Å². The second kappa shape index (κ2) is 15.5. The van der Waals surface area contributed by atoms with Crippen molar-refractivity contribution in [2.24, 2.45) is 0 Å². The molecule has 4 rings (SSSR count). The zero-order chi connectivity index (χ0) is 15.0. The third-order valence-corrected chi connectivity index (χ3v) is 4.63. The fraction of sp³-hybridized carbons (Fsp3) is 0. The van der Waals surface area contributed by atoms with Crippen LogP contribution in [0.4, 0.5) is 0 Å². The van der Waals surface area contributed by atoms with Crippen LogP contribution in [0.25, 0.3) is 10.8 Å². The van der Waals surface area contributed by atoms with Gasteiger partial charge in [0.2, 0.25) is 0 Å². The van der Waals surface area contributed by atoms with Gasteiger partial charge >= 0.3 is 26.2 Å². The average Bonchev–Trinajstić information content (AvgIpc) is 3.06. The summed E-state index contributed by atoms with van der Waals surface area (Å²) in [6.07, 6.45) is 0. The molecule has 0 unspecified atom stereocenters. The zero-order valence-corrected chi connectivity index (χ0v) is 19.7. The van der Waals surface area contributed by atoms with E-state index in [4.69, 9.17) is 0 Å². The Bertz CT molecular complexity index is 752. The predicted octanol–water partition coefficient (Wildman–Crippen LogP) is -4.12. The van der Waals surface area contributed by atoms with Gasteiger partial charge in [0.1, 0.15) is 0 Å². The van der Waals surface area contributed by atoms with Crippen molar-refractivity contribution in [1.82, 2.24) is 0 Å². The second-order valence-corrected chi connectivity index (χ2v) is 6.42. The summed E-state index contributed by atoms with van der Waals surface area (Å²) in [5.74, 6) is 0. The molecule has 0 aliphatic carbocycles. The van der Waals surface area contributed by atoms with Crippen molar-refractivity contribution >= 4 is 30.0 Å². The summed E-state index contributed by atoms with van der Waals surface area (Å²) in [6, 6.07) is 35.8. The summed E-state index contributed by atoms with van der Waals surface area (Å²) in [5, 5.41) is 5.46. The Kier molecular flexibility index (Phi) is 16.5. The monoisotopic (exact) mass is 496 g/mol. The van der Waals surface area contributed by atoms with E-state index >= 15 is 0 Å². The first-order valence-corrected chi connectivity index (χ1v) is 8.39. The smallest absolute Gasteiger partial charge is 1.00 e. The Morgan fingerprint density at radius 2 is 1.00 bits per heavy atom. The van der Waals surface area contributed by atoms with Crippen molar-refractivity contribution in [3.05, 3.63) is 103 Å². The van der Waals surface area contributed by atoms with E-state index in [0.29, 0.717) is 0 Å². The molecule has 0 aliphatic rings. The Labute approximate surface area is 195 Å². The number of halogens is 3. The first-order valence-electron chi connectivity index (χ1n) is 7.39. The van der Waals surface area contributed by atoms with Crippen LogP contribution in [-0.4, -0.2) is 0 Å². The van der Waals surface area contributed by atoms with Crippen LogP contribution in [0, 0.1) is 0 Å². The van der Waals surface area contributed by atoms with Crippen molar-refractivity contribution in [1.29, 1.82) is 0 Å². The number of benzene rings is 3. The number of hydrogen-bond donors (Lipinski definition) is 0. The maximum absolute atomic E-state index is 2.17. The molecule has 4 aromatic rings. The predicted molar refractivity (Wildman–Crippen MR) is 100 cm³/mol. The molecule has 26 heavy (non-hydrogen) atoms. The van der Waals surface area contributed by atoms with Crippen molar-refractivity contribution in [3.63, 3.8) is 0 Å². The minimum atomic E-state index is 0. The van der Waals surface area contributed by atoms with Gasteiger partial charge in [0.05, 0.1) is 0 Å². The third kappa shape index (κ3) is 8.90. The van der Waals surface area contributed by atoms with E-state index < -0.39 is 0 Å². The van der Waals surface area contributed by atoms with E-state index in [1.54, 1.807) is 0 Å². The molecule has 0 spiro atoms. The van der Waals surface area contributed by atoms with E-state index in [0.717, 1.165) is 8.58 Å². The summed E-state index contributed by atoms with van der Waals surface area (Å²) in [4.78, 5) is 0. The van der Waals surface area contributed by atoms with Gasteiger partial charge in [0, 0.05) is 0 Å². The molecule has 4 aromatic carbocycles. The van der Waals surface area contributed by atoms with E-state index in [9.17, 15) is 0 Å². The van der Waals surface area contributed by atoms with Crippen molar-refractivity contribution in [3.8, 4) is 0 Å². The first-order chi connectivity index (χ1) is 10.9. The standard InChI is InChI=1S/C12H11P.C9H7.3ClH.Zr/c1-3-7-11(8-4-1)13-12-9-5-2-6-10-12;1-2-5-9-7-3-6-8(9)4-1;;;;/h1-10,13H;1-7H;3*1H;/q;-1;;;;+4/p-3. The Hall–Kier alpha value is -0.547. The maximum atomic E-state index is 2.17. The summed E-state index contributed by atoms with van der Waals surface area (Å²) in [6.45, 7) is 0. The van der Waals surface area contributed by atoms with Gasteiger partial charge in [0.25, 0.3) is 0 Å². The van der Waals surface area contributed by atoms with E-state index in [-0.39, 0.29) is 63.4 Å². The molecule has 0 saturated heterocycles. The maximum Gasteiger partial charge on any atom is 4.00 e. The molecule has 132 valence electrons.